The van der Waals surface area contributed by atoms with Crippen LogP contribution in [0.1, 0.15) is 15.9 Å². The minimum atomic E-state index is -0.931. The van der Waals surface area contributed by atoms with E-state index in [0.717, 1.165) is 22.4 Å². The Bertz CT molecular complexity index is 623. The molecule has 0 bridgehead atoms. The average molecular weight is 271 g/mol. The molecule has 0 aliphatic rings. The van der Waals surface area contributed by atoms with Crippen LogP contribution in [0.4, 0.5) is 0 Å². The number of hydrogen-bond donors (Lipinski definition) is 2. The van der Waals surface area contributed by atoms with E-state index < -0.39 is 5.97 Å². The van der Waals surface area contributed by atoms with Crippen molar-refractivity contribution in [2.45, 2.75) is 6.92 Å². The van der Waals surface area contributed by atoms with Gasteiger partial charge in [-0.05, 0) is 41.8 Å². The van der Waals surface area contributed by atoms with E-state index in [2.05, 4.69) is 0 Å². The lowest BCUT2D eigenvalue weighted by atomic mass is 9.98. The standard InChI is InChI=1S/C16H17NO3/c1-11-14(6-3-7-15(11)20-9-8-17)12-4-2-5-13(10-12)16(18)19/h2-7,10H,8-9,17H2,1H3,(H,18,19). The summed E-state index contributed by atoms with van der Waals surface area (Å²) in [5.74, 6) is -0.159. The summed E-state index contributed by atoms with van der Waals surface area (Å²) in [6.45, 7) is 2.87. The third kappa shape index (κ3) is 2.97. The second-order valence-electron chi connectivity index (χ2n) is 4.45. The molecule has 0 heterocycles. The fourth-order valence-corrected chi connectivity index (χ4v) is 2.07. The second-order valence-corrected chi connectivity index (χ2v) is 4.45. The Morgan fingerprint density at radius 1 is 1.25 bits per heavy atom. The molecular formula is C16H17NO3. The molecular weight excluding hydrogens is 254 g/mol. The molecule has 0 aliphatic heterocycles. The lowest BCUT2D eigenvalue weighted by molar-refractivity contribution is 0.0697. The summed E-state index contributed by atoms with van der Waals surface area (Å²) in [6.07, 6.45) is 0. The van der Waals surface area contributed by atoms with E-state index >= 15 is 0 Å². The van der Waals surface area contributed by atoms with E-state index in [4.69, 9.17) is 15.6 Å². The number of rotatable bonds is 5. The zero-order chi connectivity index (χ0) is 14.5. The summed E-state index contributed by atoms with van der Waals surface area (Å²) < 4.78 is 5.58. The summed E-state index contributed by atoms with van der Waals surface area (Å²) in [7, 11) is 0. The van der Waals surface area contributed by atoms with Crippen LogP contribution in [0.15, 0.2) is 42.5 Å². The van der Waals surface area contributed by atoms with Crippen molar-refractivity contribution >= 4 is 5.97 Å². The van der Waals surface area contributed by atoms with Gasteiger partial charge in [0.25, 0.3) is 0 Å². The van der Waals surface area contributed by atoms with Gasteiger partial charge in [0.15, 0.2) is 0 Å². The molecule has 0 aromatic heterocycles. The molecule has 2 aromatic carbocycles. The maximum atomic E-state index is 11.0. The Morgan fingerprint density at radius 3 is 2.70 bits per heavy atom. The predicted molar refractivity (Wildman–Crippen MR) is 78.1 cm³/mol. The van der Waals surface area contributed by atoms with Crippen LogP contribution in [0, 0.1) is 6.92 Å². The van der Waals surface area contributed by atoms with Crippen LogP contribution < -0.4 is 10.5 Å². The molecule has 20 heavy (non-hydrogen) atoms. The first-order valence-corrected chi connectivity index (χ1v) is 6.39. The summed E-state index contributed by atoms with van der Waals surface area (Å²) in [6, 6.07) is 12.6. The van der Waals surface area contributed by atoms with Crippen molar-refractivity contribution in [1.29, 1.82) is 0 Å². The lowest BCUT2D eigenvalue weighted by Crippen LogP contribution is -2.11. The normalized spacial score (nSPS) is 10.3. The molecule has 0 aliphatic carbocycles. The highest BCUT2D eigenvalue weighted by Gasteiger charge is 2.09. The van der Waals surface area contributed by atoms with E-state index in [-0.39, 0.29) is 5.56 Å². The Morgan fingerprint density at radius 2 is 2.00 bits per heavy atom. The molecule has 0 atom stereocenters. The largest absolute Gasteiger partial charge is 0.492 e. The van der Waals surface area contributed by atoms with Gasteiger partial charge < -0.3 is 15.6 Å². The number of aromatic carboxylic acids is 1. The molecule has 2 aromatic rings. The smallest absolute Gasteiger partial charge is 0.335 e. The van der Waals surface area contributed by atoms with Crippen molar-refractivity contribution in [1.82, 2.24) is 0 Å². The zero-order valence-corrected chi connectivity index (χ0v) is 11.3. The van der Waals surface area contributed by atoms with Crippen LogP contribution >= 0.6 is 0 Å². The monoisotopic (exact) mass is 271 g/mol. The molecule has 4 heteroatoms. The van der Waals surface area contributed by atoms with Gasteiger partial charge in [-0.2, -0.15) is 0 Å². The number of benzene rings is 2. The highest BCUT2D eigenvalue weighted by atomic mass is 16.5. The van der Waals surface area contributed by atoms with E-state index in [1.165, 1.54) is 0 Å². The van der Waals surface area contributed by atoms with E-state index in [1.807, 2.05) is 31.2 Å². The van der Waals surface area contributed by atoms with Crippen molar-refractivity contribution in [2.75, 3.05) is 13.2 Å². The Balaban J connectivity index is 2.42. The van der Waals surface area contributed by atoms with E-state index in [1.54, 1.807) is 18.2 Å². The highest BCUT2D eigenvalue weighted by molar-refractivity contribution is 5.89. The first-order chi connectivity index (χ1) is 9.63. The first-order valence-electron chi connectivity index (χ1n) is 6.39. The fourth-order valence-electron chi connectivity index (χ4n) is 2.07. The summed E-state index contributed by atoms with van der Waals surface area (Å²) >= 11 is 0. The number of ether oxygens (including phenoxy) is 1. The molecule has 0 fully saturated rings. The minimum absolute atomic E-state index is 0.273. The predicted octanol–water partition coefficient (Wildman–Crippen LogP) is 2.70. The van der Waals surface area contributed by atoms with Crippen molar-refractivity contribution in [3.05, 3.63) is 53.6 Å². The molecule has 0 saturated carbocycles. The molecule has 4 nitrogen and oxygen atoms in total. The molecule has 0 spiro atoms. The SMILES string of the molecule is Cc1c(OCCN)cccc1-c1cccc(C(=O)O)c1. The zero-order valence-electron chi connectivity index (χ0n) is 11.3. The van der Waals surface area contributed by atoms with Crippen LogP contribution in [-0.2, 0) is 0 Å². The average Bonchev–Trinajstić information content (AvgIpc) is 2.46. The van der Waals surface area contributed by atoms with Crippen molar-refractivity contribution in [2.24, 2.45) is 5.73 Å². The van der Waals surface area contributed by atoms with Crippen LogP contribution in [0.2, 0.25) is 0 Å². The third-order valence-corrected chi connectivity index (χ3v) is 3.08. The molecule has 0 saturated heterocycles. The van der Waals surface area contributed by atoms with E-state index in [0.29, 0.717) is 13.2 Å². The first kappa shape index (κ1) is 14.1. The maximum Gasteiger partial charge on any atom is 0.335 e. The number of carboxylic acids is 1. The van der Waals surface area contributed by atoms with Crippen molar-refractivity contribution in [3.8, 4) is 16.9 Å². The van der Waals surface area contributed by atoms with Gasteiger partial charge in [-0.1, -0.05) is 24.3 Å². The summed E-state index contributed by atoms with van der Waals surface area (Å²) in [5, 5.41) is 9.06. The number of nitrogens with two attached hydrogens (primary N) is 1. The van der Waals surface area contributed by atoms with Crippen molar-refractivity contribution < 1.29 is 14.6 Å². The van der Waals surface area contributed by atoms with E-state index in [9.17, 15) is 4.79 Å². The van der Waals surface area contributed by atoms with Gasteiger partial charge in [-0.3, -0.25) is 0 Å². The quantitative estimate of drug-likeness (QED) is 0.877. The Labute approximate surface area is 117 Å². The minimum Gasteiger partial charge on any atom is -0.492 e. The van der Waals surface area contributed by atoms with Crippen LogP contribution in [0.5, 0.6) is 5.75 Å². The maximum absolute atomic E-state index is 11.0. The molecule has 0 unspecified atom stereocenters. The molecule has 2 rings (SSSR count). The topological polar surface area (TPSA) is 72.5 Å². The van der Waals surface area contributed by atoms with Gasteiger partial charge in [0.1, 0.15) is 12.4 Å². The van der Waals surface area contributed by atoms with Gasteiger partial charge in [0.05, 0.1) is 5.56 Å². The fraction of sp³-hybridized carbons (Fsp3) is 0.188. The molecule has 3 N–H and O–H groups in total. The number of carboxylic acid groups (broad SMARTS) is 1. The molecule has 0 radical (unpaired) electrons. The Hall–Kier alpha value is -2.33. The summed E-state index contributed by atoms with van der Waals surface area (Å²) in [5.41, 5.74) is 8.51. The van der Waals surface area contributed by atoms with Crippen LogP contribution in [-0.4, -0.2) is 24.2 Å². The number of carbonyl (C=O) groups is 1. The van der Waals surface area contributed by atoms with Crippen LogP contribution in [0.25, 0.3) is 11.1 Å². The van der Waals surface area contributed by atoms with Gasteiger partial charge in [0.2, 0.25) is 0 Å². The highest BCUT2D eigenvalue weighted by Crippen LogP contribution is 2.30. The van der Waals surface area contributed by atoms with Gasteiger partial charge in [0, 0.05) is 6.54 Å². The van der Waals surface area contributed by atoms with Gasteiger partial charge in [-0.15, -0.1) is 0 Å². The third-order valence-electron chi connectivity index (χ3n) is 3.08. The summed E-state index contributed by atoms with van der Waals surface area (Å²) in [4.78, 5) is 11.0. The number of hydrogen-bond acceptors (Lipinski definition) is 3. The molecule has 104 valence electrons. The van der Waals surface area contributed by atoms with Gasteiger partial charge >= 0.3 is 5.97 Å². The van der Waals surface area contributed by atoms with Crippen LogP contribution in [0.3, 0.4) is 0 Å². The molecule has 0 amide bonds. The van der Waals surface area contributed by atoms with Crippen molar-refractivity contribution in [3.63, 3.8) is 0 Å². The second kappa shape index (κ2) is 6.21. The van der Waals surface area contributed by atoms with Gasteiger partial charge in [-0.25, -0.2) is 4.79 Å². The lowest BCUT2D eigenvalue weighted by Gasteiger charge is -2.12. The Kier molecular flexibility index (Phi) is 4.38.